The monoisotopic (exact) mass is 435 g/mol. The number of aromatic nitrogens is 1. The first-order chi connectivity index (χ1) is 15.5. The Bertz CT molecular complexity index is 1020. The number of rotatable bonds is 11. The van der Waals surface area contributed by atoms with Crippen molar-refractivity contribution in [3.63, 3.8) is 0 Å². The van der Waals surface area contributed by atoms with Crippen molar-refractivity contribution in [3.05, 3.63) is 83.1 Å². The van der Waals surface area contributed by atoms with Crippen LogP contribution in [0.5, 0.6) is 0 Å². The second kappa shape index (κ2) is 11.4. The van der Waals surface area contributed by atoms with Crippen molar-refractivity contribution < 1.29 is 14.0 Å². The summed E-state index contributed by atoms with van der Waals surface area (Å²) in [7, 11) is 0. The number of benzene rings is 1. The molecular weight excluding hydrogens is 402 g/mol. The summed E-state index contributed by atoms with van der Waals surface area (Å²) in [4.78, 5) is 27.2. The summed E-state index contributed by atoms with van der Waals surface area (Å²) >= 11 is 0. The van der Waals surface area contributed by atoms with Crippen LogP contribution in [0.4, 0.5) is 0 Å². The van der Waals surface area contributed by atoms with Crippen LogP contribution in [0.15, 0.2) is 59.1 Å². The van der Waals surface area contributed by atoms with Gasteiger partial charge in [0.05, 0.1) is 13.1 Å². The molecule has 3 aromatic rings. The number of carbonyl (C=O) groups is 2. The van der Waals surface area contributed by atoms with Gasteiger partial charge in [0.25, 0.3) is 11.8 Å². The number of nitrogens with zero attached hydrogens (tertiary/aromatic N) is 2. The molecule has 0 saturated heterocycles. The molecule has 2 amide bonds. The van der Waals surface area contributed by atoms with Crippen LogP contribution in [-0.2, 0) is 13.1 Å². The number of hydrogen-bond donors (Lipinski definition) is 1. The normalized spacial score (nSPS) is 10.8. The quantitative estimate of drug-likeness (QED) is 0.430. The molecule has 1 aromatic carbocycles. The maximum Gasteiger partial charge on any atom is 0.286 e. The summed E-state index contributed by atoms with van der Waals surface area (Å²) in [5, 5.41) is 2.87. The third-order valence-electron chi connectivity index (χ3n) is 5.38. The van der Waals surface area contributed by atoms with E-state index in [4.69, 9.17) is 4.42 Å². The van der Waals surface area contributed by atoms with Gasteiger partial charge in [-0.05, 0) is 56.2 Å². The third kappa shape index (κ3) is 6.13. The molecule has 3 rings (SSSR count). The average Bonchev–Trinajstić information content (AvgIpc) is 3.44. The fourth-order valence-corrected chi connectivity index (χ4v) is 3.56. The standard InChI is InChI=1S/C26H33N3O3/c1-4-6-15-27-25(30)24-14-13-23(32-24)19-28-17-7-8-22(28)18-29(16-5-2)26(31)21-11-9-20(3)10-12-21/h7-14,17H,4-6,15-16,18-19H2,1-3H3,(H,27,30). The summed E-state index contributed by atoms with van der Waals surface area (Å²) in [6.07, 6.45) is 4.83. The van der Waals surface area contributed by atoms with Gasteiger partial charge in [0, 0.05) is 30.5 Å². The number of hydrogen-bond acceptors (Lipinski definition) is 3. The summed E-state index contributed by atoms with van der Waals surface area (Å²) in [6, 6.07) is 15.2. The van der Waals surface area contributed by atoms with E-state index in [-0.39, 0.29) is 11.8 Å². The van der Waals surface area contributed by atoms with Crippen molar-refractivity contribution in [2.75, 3.05) is 13.1 Å². The summed E-state index contributed by atoms with van der Waals surface area (Å²) in [5.74, 6) is 0.876. The number of aryl methyl sites for hydroxylation is 1. The predicted octanol–water partition coefficient (Wildman–Crippen LogP) is 5.02. The van der Waals surface area contributed by atoms with Crippen LogP contribution in [0, 0.1) is 6.92 Å². The lowest BCUT2D eigenvalue weighted by Gasteiger charge is -2.23. The molecule has 0 bridgehead atoms. The zero-order valence-corrected chi connectivity index (χ0v) is 19.3. The number of nitrogens with one attached hydrogen (secondary N) is 1. The van der Waals surface area contributed by atoms with Crippen LogP contribution in [0.25, 0.3) is 0 Å². The Balaban J connectivity index is 1.68. The first-order valence-corrected chi connectivity index (χ1v) is 11.4. The number of carbonyl (C=O) groups excluding carboxylic acids is 2. The third-order valence-corrected chi connectivity index (χ3v) is 5.38. The Morgan fingerprint density at radius 1 is 1.03 bits per heavy atom. The van der Waals surface area contributed by atoms with Crippen molar-refractivity contribution >= 4 is 11.8 Å². The van der Waals surface area contributed by atoms with Gasteiger partial charge in [0.1, 0.15) is 5.76 Å². The lowest BCUT2D eigenvalue weighted by atomic mass is 10.1. The molecule has 2 aromatic heterocycles. The highest BCUT2D eigenvalue weighted by Gasteiger charge is 2.18. The van der Waals surface area contributed by atoms with Crippen LogP contribution >= 0.6 is 0 Å². The molecule has 0 spiro atoms. The minimum atomic E-state index is -0.185. The second-order valence-electron chi connectivity index (χ2n) is 8.10. The van der Waals surface area contributed by atoms with E-state index in [1.165, 1.54) is 0 Å². The highest BCUT2D eigenvalue weighted by atomic mass is 16.4. The highest BCUT2D eigenvalue weighted by Crippen LogP contribution is 2.16. The van der Waals surface area contributed by atoms with Gasteiger partial charge in [-0.2, -0.15) is 0 Å². The van der Waals surface area contributed by atoms with Crippen LogP contribution in [0.1, 0.15) is 71.0 Å². The molecule has 6 nitrogen and oxygen atoms in total. The number of furan rings is 1. The number of unbranched alkanes of at least 4 members (excludes halogenated alkanes) is 1. The van der Waals surface area contributed by atoms with Crippen LogP contribution in [-0.4, -0.2) is 34.4 Å². The van der Waals surface area contributed by atoms with Gasteiger partial charge in [-0.1, -0.05) is 38.0 Å². The van der Waals surface area contributed by atoms with E-state index in [0.717, 1.165) is 30.5 Å². The Morgan fingerprint density at radius 2 is 1.81 bits per heavy atom. The Labute approximate surface area is 190 Å². The Kier molecular flexibility index (Phi) is 8.31. The first kappa shape index (κ1) is 23.4. The van der Waals surface area contributed by atoms with Gasteiger partial charge < -0.3 is 19.2 Å². The van der Waals surface area contributed by atoms with E-state index < -0.39 is 0 Å². The van der Waals surface area contributed by atoms with Crippen molar-refractivity contribution in [1.29, 1.82) is 0 Å². The highest BCUT2D eigenvalue weighted by molar-refractivity contribution is 5.94. The van der Waals surface area contributed by atoms with Crippen LogP contribution < -0.4 is 5.32 Å². The smallest absolute Gasteiger partial charge is 0.286 e. The molecule has 32 heavy (non-hydrogen) atoms. The van der Waals surface area contributed by atoms with Crippen molar-refractivity contribution in [1.82, 2.24) is 14.8 Å². The molecule has 0 aliphatic rings. The molecule has 0 aliphatic heterocycles. The minimum Gasteiger partial charge on any atom is -0.454 e. The Morgan fingerprint density at radius 3 is 2.53 bits per heavy atom. The SMILES string of the molecule is CCCCNC(=O)c1ccc(Cn2cccc2CN(CCC)C(=O)c2ccc(C)cc2)o1. The maximum atomic E-state index is 13.1. The van der Waals surface area contributed by atoms with Crippen LogP contribution in [0.2, 0.25) is 0 Å². The first-order valence-electron chi connectivity index (χ1n) is 11.4. The lowest BCUT2D eigenvalue weighted by Crippen LogP contribution is -2.32. The van der Waals surface area contributed by atoms with E-state index in [1.807, 2.05) is 60.5 Å². The van der Waals surface area contributed by atoms with Gasteiger partial charge in [-0.3, -0.25) is 9.59 Å². The Hall–Kier alpha value is -3.28. The van der Waals surface area contributed by atoms with Gasteiger partial charge in [-0.15, -0.1) is 0 Å². The van der Waals surface area contributed by atoms with Gasteiger partial charge in [-0.25, -0.2) is 0 Å². The molecule has 0 radical (unpaired) electrons. The van der Waals surface area contributed by atoms with Gasteiger partial charge >= 0.3 is 0 Å². The van der Waals surface area contributed by atoms with E-state index in [9.17, 15) is 9.59 Å². The van der Waals surface area contributed by atoms with E-state index in [1.54, 1.807) is 6.07 Å². The molecule has 170 valence electrons. The minimum absolute atomic E-state index is 0.0311. The fraction of sp³-hybridized carbons (Fsp3) is 0.385. The second-order valence-corrected chi connectivity index (χ2v) is 8.10. The molecule has 0 atom stereocenters. The molecule has 0 fully saturated rings. The van der Waals surface area contributed by atoms with Gasteiger partial charge in [0.15, 0.2) is 5.76 Å². The zero-order chi connectivity index (χ0) is 22.9. The predicted molar refractivity (Wildman–Crippen MR) is 126 cm³/mol. The summed E-state index contributed by atoms with van der Waals surface area (Å²) < 4.78 is 7.83. The average molecular weight is 436 g/mol. The molecule has 6 heteroatoms. The summed E-state index contributed by atoms with van der Waals surface area (Å²) in [6.45, 7) is 8.52. The largest absolute Gasteiger partial charge is 0.454 e. The van der Waals surface area contributed by atoms with Crippen molar-refractivity contribution in [2.24, 2.45) is 0 Å². The molecule has 1 N–H and O–H groups in total. The molecule has 2 heterocycles. The zero-order valence-electron chi connectivity index (χ0n) is 19.3. The fourth-order valence-electron chi connectivity index (χ4n) is 3.56. The van der Waals surface area contributed by atoms with Crippen molar-refractivity contribution in [2.45, 2.75) is 53.1 Å². The molecular formula is C26H33N3O3. The van der Waals surface area contributed by atoms with Gasteiger partial charge in [0.2, 0.25) is 0 Å². The molecule has 0 unspecified atom stereocenters. The summed E-state index contributed by atoms with van der Waals surface area (Å²) in [5.41, 5.74) is 2.85. The van der Waals surface area contributed by atoms with E-state index in [2.05, 4.69) is 23.7 Å². The molecule has 0 aliphatic carbocycles. The van der Waals surface area contributed by atoms with Crippen molar-refractivity contribution in [3.8, 4) is 0 Å². The van der Waals surface area contributed by atoms with E-state index >= 15 is 0 Å². The van der Waals surface area contributed by atoms with Crippen LogP contribution in [0.3, 0.4) is 0 Å². The molecule has 0 saturated carbocycles. The van der Waals surface area contributed by atoms with E-state index in [0.29, 0.717) is 43.3 Å². The number of amides is 2. The maximum absolute atomic E-state index is 13.1. The topological polar surface area (TPSA) is 67.5 Å². The lowest BCUT2D eigenvalue weighted by molar-refractivity contribution is 0.0739.